The summed E-state index contributed by atoms with van der Waals surface area (Å²) in [7, 11) is -2.93. The summed E-state index contributed by atoms with van der Waals surface area (Å²) in [5.74, 6) is -0.740. The second-order valence-electron chi connectivity index (χ2n) is 6.53. The molecule has 0 aliphatic heterocycles. The standard InChI is InChI=1S/C22H18N2O5S/c1-29-22(26)19-17-9-5-6-10-18(17)24(30(27,28)16-7-3-2-4-8-16)20(19)21(25)15-11-13-23-14-12-15/h2-14,21,25H,1H3. The Labute approximate surface area is 173 Å². The summed E-state index contributed by atoms with van der Waals surface area (Å²) in [5, 5.41) is 11.6. The molecule has 0 bridgehead atoms. The summed E-state index contributed by atoms with van der Waals surface area (Å²) in [4.78, 5) is 16.7. The number of carbonyl (C=O) groups is 1. The number of carbonyl (C=O) groups excluding carboxylic acids is 1. The number of nitrogens with zero attached hydrogens (tertiary/aromatic N) is 2. The number of methoxy groups -OCH3 is 1. The van der Waals surface area contributed by atoms with Crippen LogP contribution in [0.4, 0.5) is 0 Å². The second-order valence-corrected chi connectivity index (χ2v) is 8.32. The zero-order valence-corrected chi connectivity index (χ0v) is 16.8. The van der Waals surface area contributed by atoms with Crippen LogP contribution in [0.3, 0.4) is 0 Å². The smallest absolute Gasteiger partial charge is 0.340 e. The maximum Gasteiger partial charge on any atom is 0.340 e. The molecule has 1 atom stereocenters. The third-order valence-corrected chi connectivity index (χ3v) is 6.56. The van der Waals surface area contributed by atoms with Crippen molar-refractivity contribution in [3.63, 3.8) is 0 Å². The summed E-state index contributed by atoms with van der Waals surface area (Å²) in [6.07, 6.45) is 1.55. The van der Waals surface area contributed by atoms with Crippen LogP contribution in [0.15, 0.2) is 84.0 Å². The highest BCUT2D eigenvalue weighted by Crippen LogP contribution is 2.36. The van der Waals surface area contributed by atoms with E-state index in [0.29, 0.717) is 10.9 Å². The molecule has 0 fully saturated rings. The van der Waals surface area contributed by atoms with Crippen molar-refractivity contribution in [2.75, 3.05) is 7.11 Å². The number of aromatic nitrogens is 2. The second kappa shape index (κ2) is 7.74. The molecular weight excluding hydrogens is 404 g/mol. The Hall–Kier alpha value is -3.49. The van der Waals surface area contributed by atoms with E-state index in [1.54, 1.807) is 54.6 Å². The Balaban J connectivity index is 2.13. The van der Waals surface area contributed by atoms with Gasteiger partial charge in [0.2, 0.25) is 0 Å². The largest absolute Gasteiger partial charge is 0.465 e. The van der Waals surface area contributed by atoms with Crippen LogP contribution in [0.25, 0.3) is 10.9 Å². The molecule has 2 heterocycles. The molecule has 0 spiro atoms. The number of aliphatic hydroxyl groups is 1. The van der Waals surface area contributed by atoms with Gasteiger partial charge in [0.15, 0.2) is 0 Å². The zero-order chi connectivity index (χ0) is 21.3. The van der Waals surface area contributed by atoms with Crippen molar-refractivity contribution in [3.8, 4) is 0 Å². The molecule has 0 radical (unpaired) electrons. The number of aliphatic hydroxyl groups excluding tert-OH is 1. The fraction of sp³-hybridized carbons (Fsp3) is 0.0909. The lowest BCUT2D eigenvalue weighted by Crippen LogP contribution is -2.20. The Morgan fingerprint density at radius 2 is 1.63 bits per heavy atom. The van der Waals surface area contributed by atoms with Gasteiger partial charge in [0, 0.05) is 17.8 Å². The van der Waals surface area contributed by atoms with E-state index in [2.05, 4.69) is 4.98 Å². The lowest BCUT2D eigenvalue weighted by Gasteiger charge is -2.17. The summed E-state index contributed by atoms with van der Waals surface area (Å²) in [6, 6.07) is 17.5. The molecule has 0 aliphatic rings. The molecule has 4 rings (SSSR count). The van der Waals surface area contributed by atoms with E-state index in [1.165, 1.54) is 31.6 Å². The number of esters is 1. The average molecular weight is 422 g/mol. The van der Waals surface area contributed by atoms with Gasteiger partial charge in [0.05, 0.1) is 28.8 Å². The lowest BCUT2D eigenvalue weighted by atomic mass is 10.0. The lowest BCUT2D eigenvalue weighted by molar-refractivity contribution is 0.0597. The van der Waals surface area contributed by atoms with Gasteiger partial charge >= 0.3 is 5.97 Å². The van der Waals surface area contributed by atoms with E-state index < -0.39 is 22.1 Å². The number of hydrogen-bond acceptors (Lipinski definition) is 6. The Bertz CT molecular complexity index is 1320. The minimum Gasteiger partial charge on any atom is -0.465 e. The first kappa shape index (κ1) is 19.8. The van der Waals surface area contributed by atoms with E-state index in [0.717, 1.165) is 3.97 Å². The quantitative estimate of drug-likeness (QED) is 0.496. The number of ether oxygens (including phenoxy) is 1. The third-order valence-electron chi connectivity index (χ3n) is 4.82. The van der Waals surface area contributed by atoms with Crippen LogP contribution in [0.1, 0.15) is 27.7 Å². The van der Waals surface area contributed by atoms with Crippen LogP contribution in [-0.4, -0.2) is 35.6 Å². The molecule has 1 N–H and O–H groups in total. The Kier molecular flexibility index (Phi) is 5.11. The van der Waals surface area contributed by atoms with Crippen LogP contribution in [0, 0.1) is 0 Å². The molecule has 2 aromatic heterocycles. The first-order chi connectivity index (χ1) is 14.5. The van der Waals surface area contributed by atoms with Gasteiger partial charge in [-0.1, -0.05) is 36.4 Å². The van der Waals surface area contributed by atoms with Gasteiger partial charge in [-0.3, -0.25) is 4.98 Å². The third kappa shape index (κ3) is 3.16. The molecule has 0 saturated carbocycles. The van der Waals surface area contributed by atoms with Gasteiger partial charge in [-0.05, 0) is 35.9 Å². The van der Waals surface area contributed by atoms with Crippen LogP contribution in [0.5, 0.6) is 0 Å². The minimum atomic E-state index is -4.14. The first-order valence-corrected chi connectivity index (χ1v) is 10.5. The molecule has 8 heteroatoms. The molecule has 2 aromatic carbocycles. The number of pyridine rings is 1. The summed E-state index contributed by atoms with van der Waals surface area (Å²) in [5.41, 5.74) is 0.572. The van der Waals surface area contributed by atoms with Crippen LogP contribution in [0.2, 0.25) is 0 Å². The highest BCUT2D eigenvalue weighted by molar-refractivity contribution is 7.90. The highest BCUT2D eigenvalue weighted by atomic mass is 32.2. The van der Waals surface area contributed by atoms with E-state index in [9.17, 15) is 18.3 Å². The SMILES string of the molecule is COC(=O)c1c(C(O)c2ccncc2)n(S(=O)(=O)c2ccccc2)c2ccccc12. The molecule has 1 unspecified atom stereocenters. The molecule has 7 nitrogen and oxygen atoms in total. The van der Waals surface area contributed by atoms with Crippen LogP contribution >= 0.6 is 0 Å². The number of hydrogen-bond donors (Lipinski definition) is 1. The monoisotopic (exact) mass is 422 g/mol. The average Bonchev–Trinajstić information content (AvgIpc) is 3.15. The Morgan fingerprint density at radius 3 is 2.30 bits per heavy atom. The molecule has 0 saturated heterocycles. The van der Waals surface area contributed by atoms with Crippen molar-refractivity contribution in [1.29, 1.82) is 0 Å². The van der Waals surface area contributed by atoms with Gasteiger partial charge in [0.25, 0.3) is 10.0 Å². The molecule has 0 aliphatic carbocycles. The maximum atomic E-state index is 13.6. The van der Waals surface area contributed by atoms with Gasteiger partial charge in [-0.15, -0.1) is 0 Å². The van der Waals surface area contributed by atoms with Crippen molar-refractivity contribution in [2.45, 2.75) is 11.0 Å². The Morgan fingerprint density at radius 1 is 1.00 bits per heavy atom. The van der Waals surface area contributed by atoms with Crippen molar-refractivity contribution in [3.05, 3.63) is 95.9 Å². The topological polar surface area (TPSA) is 98.5 Å². The summed E-state index contributed by atoms with van der Waals surface area (Å²) in [6.45, 7) is 0. The number of para-hydroxylation sites is 1. The first-order valence-electron chi connectivity index (χ1n) is 9.07. The molecule has 4 aromatic rings. The van der Waals surface area contributed by atoms with Crippen LogP contribution < -0.4 is 0 Å². The van der Waals surface area contributed by atoms with Crippen molar-refractivity contribution < 1.29 is 23.1 Å². The number of benzene rings is 2. The molecule has 0 amide bonds. The summed E-state index contributed by atoms with van der Waals surface area (Å²) >= 11 is 0. The van der Waals surface area contributed by atoms with Gasteiger partial charge < -0.3 is 9.84 Å². The predicted octanol–water partition coefficient (Wildman–Crippen LogP) is 3.14. The van der Waals surface area contributed by atoms with E-state index in [1.807, 2.05) is 0 Å². The highest BCUT2D eigenvalue weighted by Gasteiger charge is 2.34. The molecule has 30 heavy (non-hydrogen) atoms. The summed E-state index contributed by atoms with van der Waals surface area (Å²) < 4.78 is 33.2. The van der Waals surface area contributed by atoms with Crippen LogP contribution in [-0.2, 0) is 14.8 Å². The van der Waals surface area contributed by atoms with Crippen molar-refractivity contribution >= 4 is 26.9 Å². The fourth-order valence-corrected chi connectivity index (χ4v) is 5.04. The molecular formula is C22H18N2O5S. The predicted molar refractivity (Wildman–Crippen MR) is 111 cm³/mol. The minimum absolute atomic E-state index is 0.00285. The van der Waals surface area contributed by atoms with Crippen molar-refractivity contribution in [1.82, 2.24) is 8.96 Å². The van der Waals surface area contributed by atoms with Gasteiger partial charge in [-0.2, -0.15) is 0 Å². The zero-order valence-electron chi connectivity index (χ0n) is 16.0. The number of fused-ring (bicyclic) bond motifs is 1. The molecule has 152 valence electrons. The maximum absolute atomic E-state index is 13.6. The number of rotatable bonds is 5. The van der Waals surface area contributed by atoms with E-state index in [4.69, 9.17) is 4.74 Å². The van der Waals surface area contributed by atoms with E-state index >= 15 is 0 Å². The van der Waals surface area contributed by atoms with Crippen molar-refractivity contribution in [2.24, 2.45) is 0 Å². The van der Waals surface area contributed by atoms with Gasteiger partial charge in [0.1, 0.15) is 6.10 Å². The fourth-order valence-electron chi connectivity index (χ4n) is 3.46. The van der Waals surface area contributed by atoms with E-state index in [-0.39, 0.29) is 21.7 Å². The van der Waals surface area contributed by atoms with Gasteiger partial charge in [-0.25, -0.2) is 17.2 Å². The normalized spacial score (nSPS) is 12.6.